The number of nitrogens with one attached hydrogen (secondary N) is 1. The van der Waals surface area contributed by atoms with Gasteiger partial charge in [0.05, 0.1) is 5.39 Å². The Balaban J connectivity index is 1.77. The summed E-state index contributed by atoms with van der Waals surface area (Å²) in [4.78, 5) is 11.7. The molecule has 1 fully saturated rings. The third-order valence-electron chi connectivity index (χ3n) is 5.17. The predicted octanol–water partition coefficient (Wildman–Crippen LogP) is 4.15. The molecular weight excluding hydrogens is 370 g/mol. The standard InChI is InChI=1S/C22H20ClN5/c23-17-6-8-18(9-7-17)28-14-19(16-4-2-1-3-5-16)20-21(25-15-26-22(20)28)27-12-10-24-11-13-27/h1-9,14-15,24H,10-13H2. The lowest BCUT2D eigenvalue weighted by Gasteiger charge is -2.29. The molecule has 0 spiro atoms. The summed E-state index contributed by atoms with van der Waals surface area (Å²) in [5.41, 5.74) is 4.23. The highest BCUT2D eigenvalue weighted by Crippen LogP contribution is 2.36. The molecule has 0 aliphatic carbocycles. The van der Waals surface area contributed by atoms with Crippen molar-refractivity contribution >= 4 is 28.5 Å². The summed E-state index contributed by atoms with van der Waals surface area (Å²) in [6.07, 6.45) is 3.82. The Hall–Kier alpha value is -2.89. The fourth-order valence-corrected chi connectivity index (χ4v) is 3.92. The molecule has 5 rings (SSSR count). The molecule has 1 N–H and O–H groups in total. The lowest BCUT2D eigenvalue weighted by Crippen LogP contribution is -2.44. The van der Waals surface area contributed by atoms with Gasteiger partial charge in [-0.2, -0.15) is 0 Å². The van der Waals surface area contributed by atoms with Crippen LogP contribution in [0, 0.1) is 0 Å². The molecule has 5 nitrogen and oxygen atoms in total. The van der Waals surface area contributed by atoms with Gasteiger partial charge in [-0.15, -0.1) is 0 Å². The van der Waals surface area contributed by atoms with E-state index >= 15 is 0 Å². The maximum atomic E-state index is 6.10. The van der Waals surface area contributed by atoms with E-state index in [0.29, 0.717) is 0 Å². The molecule has 3 heterocycles. The van der Waals surface area contributed by atoms with E-state index in [1.165, 1.54) is 0 Å². The van der Waals surface area contributed by atoms with E-state index in [4.69, 9.17) is 16.6 Å². The molecule has 2 aromatic carbocycles. The molecule has 1 aliphatic heterocycles. The Kier molecular flexibility index (Phi) is 4.47. The normalized spacial score (nSPS) is 14.5. The van der Waals surface area contributed by atoms with Crippen LogP contribution < -0.4 is 10.2 Å². The minimum absolute atomic E-state index is 0.722. The lowest BCUT2D eigenvalue weighted by atomic mass is 10.1. The number of fused-ring (bicyclic) bond motifs is 1. The Bertz CT molecular complexity index is 1100. The zero-order chi connectivity index (χ0) is 18.9. The molecule has 2 aromatic heterocycles. The highest BCUT2D eigenvalue weighted by molar-refractivity contribution is 6.30. The zero-order valence-electron chi connectivity index (χ0n) is 15.3. The Labute approximate surface area is 168 Å². The van der Waals surface area contributed by atoms with Crippen LogP contribution in [0.1, 0.15) is 0 Å². The van der Waals surface area contributed by atoms with Crippen molar-refractivity contribution < 1.29 is 0 Å². The van der Waals surface area contributed by atoms with E-state index in [0.717, 1.165) is 64.9 Å². The van der Waals surface area contributed by atoms with Crippen LogP contribution in [0.15, 0.2) is 67.1 Å². The number of nitrogens with zero attached hydrogens (tertiary/aromatic N) is 4. The van der Waals surface area contributed by atoms with Crippen molar-refractivity contribution in [1.82, 2.24) is 19.9 Å². The van der Waals surface area contributed by atoms with Crippen LogP contribution in [0.4, 0.5) is 5.82 Å². The average molecular weight is 390 g/mol. The number of anilines is 1. The highest BCUT2D eigenvalue weighted by Gasteiger charge is 2.21. The van der Waals surface area contributed by atoms with Crippen molar-refractivity contribution in [3.05, 3.63) is 72.1 Å². The fraction of sp³-hybridized carbons (Fsp3) is 0.182. The Morgan fingerprint density at radius 2 is 1.64 bits per heavy atom. The number of hydrogen-bond donors (Lipinski definition) is 1. The van der Waals surface area contributed by atoms with Crippen LogP contribution in [-0.2, 0) is 0 Å². The number of halogens is 1. The van der Waals surface area contributed by atoms with Gasteiger partial charge in [-0.25, -0.2) is 9.97 Å². The largest absolute Gasteiger partial charge is 0.353 e. The molecule has 140 valence electrons. The zero-order valence-corrected chi connectivity index (χ0v) is 16.1. The Morgan fingerprint density at radius 1 is 0.893 bits per heavy atom. The molecule has 0 atom stereocenters. The van der Waals surface area contributed by atoms with E-state index in [-0.39, 0.29) is 0 Å². The first kappa shape index (κ1) is 17.2. The van der Waals surface area contributed by atoms with Crippen LogP contribution in [0.5, 0.6) is 0 Å². The highest BCUT2D eigenvalue weighted by atomic mass is 35.5. The number of aromatic nitrogens is 3. The second kappa shape index (κ2) is 7.26. The van der Waals surface area contributed by atoms with Gasteiger partial charge in [-0.05, 0) is 29.8 Å². The van der Waals surface area contributed by atoms with Crippen LogP contribution in [-0.4, -0.2) is 40.7 Å². The van der Waals surface area contributed by atoms with Crippen LogP contribution >= 0.6 is 11.6 Å². The minimum Gasteiger partial charge on any atom is -0.353 e. The minimum atomic E-state index is 0.722. The molecule has 0 radical (unpaired) electrons. The molecule has 28 heavy (non-hydrogen) atoms. The second-order valence-corrected chi connectivity index (χ2v) is 7.32. The summed E-state index contributed by atoms with van der Waals surface area (Å²) in [5.74, 6) is 0.998. The van der Waals surface area contributed by atoms with E-state index in [1.807, 2.05) is 30.3 Å². The molecule has 6 heteroatoms. The van der Waals surface area contributed by atoms with Gasteiger partial charge in [0.15, 0.2) is 5.65 Å². The maximum absolute atomic E-state index is 6.10. The Morgan fingerprint density at radius 3 is 2.39 bits per heavy atom. The van der Waals surface area contributed by atoms with Crippen LogP contribution in [0.3, 0.4) is 0 Å². The van der Waals surface area contributed by atoms with E-state index in [9.17, 15) is 0 Å². The van der Waals surface area contributed by atoms with Gasteiger partial charge in [-0.3, -0.25) is 0 Å². The van der Waals surface area contributed by atoms with Crippen molar-refractivity contribution in [3.8, 4) is 16.8 Å². The van der Waals surface area contributed by atoms with Gasteiger partial charge >= 0.3 is 0 Å². The first-order valence-electron chi connectivity index (χ1n) is 9.44. The van der Waals surface area contributed by atoms with E-state index < -0.39 is 0 Å². The van der Waals surface area contributed by atoms with E-state index in [2.05, 4.69) is 50.2 Å². The number of rotatable bonds is 3. The van der Waals surface area contributed by atoms with Crippen molar-refractivity contribution in [3.63, 3.8) is 0 Å². The molecule has 0 unspecified atom stereocenters. The van der Waals surface area contributed by atoms with Gasteiger partial charge in [0.1, 0.15) is 12.1 Å². The third kappa shape index (κ3) is 3.03. The molecule has 1 aliphatic rings. The lowest BCUT2D eigenvalue weighted by molar-refractivity contribution is 0.586. The fourth-order valence-electron chi connectivity index (χ4n) is 3.80. The smallest absolute Gasteiger partial charge is 0.150 e. The monoisotopic (exact) mass is 389 g/mol. The van der Waals surface area contributed by atoms with Gasteiger partial charge in [0.2, 0.25) is 0 Å². The van der Waals surface area contributed by atoms with Gasteiger partial charge in [0.25, 0.3) is 0 Å². The first-order chi connectivity index (χ1) is 13.8. The summed E-state index contributed by atoms with van der Waals surface area (Å²) in [5, 5.41) is 5.22. The van der Waals surface area contributed by atoms with E-state index in [1.54, 1.807) is 6.33 Å². The van der Waals surface area contributed by atoms with Crippen LogP contribution in [0.25, 0.3) is 27.8 Å². The summed E-state index contributed by atoms with van der Waals surface area (Å²) in [6.45, 7) is 3.80. The van der Waals surface area contributed by atoms with Crippen molar-refractivity contribution in [2.24, 2.45) is 0 Å². The average Bonchev–Trinajstić information content (AvgIpc) is 3.15. The number of piperazine rings is 1. The van der Waals surface area contributed by atoms with Gasteiger partial charge < -0.3 is 14.8 Å². The maximum Gasteiger partial charge on any atom is 0.150 e. The summed E-state index contributed by atoms with van der Waals surface area (Å²) in [6, 6.07) is 18.3. The first-order valence-corrected chi connectivity index (χ1v) is 9.82. The molecule has 1 saturated heterocycles. The topological polar surface area (TPSA) is 46.0 Å². The SMILES string of the molecule is Clc1ccc(-n2cc(-c3ccccc3)c3c(N4CCNCC4)ncnc32)cc1. The van der Waals surface area contributed by atoms with Crippen molar-refractivity contribution in [2.75, 3.05) is 31.1 Å². The van der Waals surface area contributed by atoms with Crippen LogP contribution in [0.2, 0.25) is 5.02 Å². The molecule has 0 bridgehead atoms. The molecule has 0 amide bonds. The van der Waals surface area contributed by atoms with Gasteiger partial charge in [-0.1, -0.05) is 41.9 Å². The third-order valence-corrected chi connectivity index (χ3v) is 5.42. The van der Waals surface area contributed by atoms with Gasteiger partial charge in [0, 0.05) is 48.6 Å². The van der Waals surface area contributed by atoms with Crippen molar-refractivity contribution in [1.29, 1.82) is 0 Å². The van der Waals surface area contributed by atoms with Crippen molar-refractivity contribution in [2.45, 2.75) is 0 Å². The predicted molar refractivity (Wildman–Crippen MR) is 114 cm³/mol. The summed E-state index contributed by atoms with van der Waals surface area (Å²) < 4.78 is 2.13. The number of benzene rings is 2. The molecular formula is C22H20ClN5. The quantitative estimate of drug-likeness (QED) is 0.571. The summed E-state index contributed by atoms with van der Waals surface area (Å²) >= 11 is 6.10. The molecule has 0 saturated carbocycles. The number of hydrogen-bond acceptors (Lipinski definition) is 4. The second-order valence-electron chi connectivity index (χ2n) is 6.89. The molecule has 4 aromatic rings. The summed E-state index contributed by atoms with van der Waals surface area (Å²) in [7, 11) is 0.